The van der Waals surface area contributed by atoms with Crippen LogP contribution < -0.4 is 0 Å². The molecule has 0 aromatic heterocycles. The first kappa shape index (κ1) is 86.7. The fourth-order valence-electron chi connectivity index (χ4n) is 8.66. The number of aliphatic hydroxyl groups excluding tert-OH is 2. The van der Waals surface area contributed by atoms with Gasteiger partial charge < -0.3 is 34.2 Å². The minimum Gasteiger partial charge on any atom is -0.463 e. The van der Waals surface area contributed by atoms with E-state index in [4.69, 9.17) is 32.3 Å². The molecule has 0 amide bonds. The molecule has 0 heterocycles. The highest BCUT2D eigenvalue weighted by molar-refractivity contribution is 7.47. The van der Waals surface area contributed by atoms with Gasteiger partial charge in [-0.15, -0.1) is 0 Å². The topological polar surface area (TPSA) is 231 Å². The van der Waals surface area contributed by atoms with Crippen molar-refractivity contribution in [2.75, 3.05) is 39.6 Å². The summed E-state index contributed by atoms with van der Waals surface area (Å²) in [6.45, 7) is 2.34. The molecular weight excluding hydrogens is 1190 g/mol. The van der Waals surface area contributed by atoms with Crippen LogP contribution in [0.1, 0.15) is 252 Å². The Bertz CT molecular complexity index is 2190. The van der Waals surface area contributed by atoms with Gasteiger partial charge in [0.1, 0.15) is 25.4 Å². The smallest absolute Gasteiger partial charge is 0.463 e. The predicted molar refractivity (Wildman–Crippen MR) is 371 cm³/mol. The second kappa shape index (κ2) is 65.7. The average molecular weight is 1320 g/mol. The third-order valence-corrected chi connectivity index (χ3v) is 15.8. The van der Waals surface area contributed by atoms with Gasteiger partial charge in [-0.1, -0.05) is 251 Å². The van der Waals surface area contributed by atoms with E-state index >= 15 is 0 Å². The minimum atomic E-state index is -4.94. The molecule has 0 saturated carbocycles. The van der Waals surface area contributed by atoms with Crippen molar-refractivity contribution in [1.29, 1.82) is 0 Å². The second-order valence-corrected chi connectivity index (χ2v) is 25.5. The lowest BCUT2D eigenvalue weighted by atomic mass is 10.0. The number of esters is 3. The van der Waals surface area contributed by atoms with Crippen LogP contribution in [-0.4, -0.2) is 95.9 Å². The zero-order chi connectivity index (χ0) is 66.7. The lowest BCUT2D eigenvalue weighted by molar-refractivity contribution is -0.161. The number of phosphoric ester groups is 2. The van der Waals surface area contributed by atoms with Crippen LogP contribution in [0.5, 0.6) is 0 Å². The Balaban J connectivity index is 4.74. The van der Waals surface area contributed by atoms with Gasteiger partial charge in [-0.25, -0.2) is 9.13 Å². The van der Waals surface area contributed by atoms with Crippen molar-refractivity contribution in [3.8, 4) is 0 Å². The molecule has 0 aliphatic carbocycles. The quantitative estimate of drug-likeness (QED) is 0.0146. The Kier molecular flexibility index (Phi) is 62.6. The Labute approximate surface area is 550 Å². The van der Waals surface area contributed by atoms with Gasteiger partial charge in [-0.2, -0.15) is 0 Å². The maximum absolute atomic E-state index is 12.9. The summed E-state index contributed by atoms with van der Waals surface area (Å²) in [6, 6.07) is 0. The number of rotatable bonds is 64. The molecule has 0 rings (SSSR count). The zero-order valence-corrected chi connectivity index (χ0v) is 58.0. The first-order valence-corrected chi connectivity index (χ1v) is 37.5. The van der Waals surface area contributed by atoms with Crippen molar-refractivity contribution < 1.29 is 75.8 Å². The molecular formula is C73H122O16P2. The van der Waals surface area contributed by atoms with E-state index in [0.29, 0.717) is 19.3 Å². The fraction of sp³-hybridized carbons (Fsp3) is 0.658. The van der Waals surface area contributed by atoms with E-state index in [2.05, 4.69) is 154 Å². The summed E-state index contributed by atoms with van der Waals surface area (Å²) >= 11 is 0. The van der Waals surface area contributed by atoms with Crippen LogP contribution in [0, 0.1) is 0 Å². The molecule has 0 aromatic carbocycles. The number of hydrogen-bond donors (Lipinski definition) is 4. The maximum Gasteiger partial charge on any atom is 0.472 e. The normalized spacial score (nSPS) is 15.0. The molecule has 0 aliphatic rings. The number of carbonyl (C=O) groups is 3. The van der Waals surface area contributed by atoms with Crippen LogP contribution in [0.4, 0.5) is 0 Å². The molecule has 16 nitrogen and oxygen atoms in total. The Morgan fingerprint density at radius 3 is 0.945 bits per heavy atom. The summed E-state index contributed by atoms with van der Waals surface area (Å²) < 4.78 is 60.8. The number of aliphatic hydroxyl groups is 2. The third kappa shape index (κ3) is 66.9. The van der Waals surface area contributed by atoms with Crippen LogP contribution in [0.2, 0.25) is 0 Å². The molecule has 91 heavy (non-hydrogen) atoms. The highest BCUT2D eigenvalue weighted by Crippen LogP contribution is 2.45. The van der Waals surface area contributed by atoms with Crippen LogP contribution >= 0.6 is 15.6 Å². The van der Waals surface area contributed by atoms with Gasteiger partial charge in [-0.05, 0) is 116 Å². The number of phosphoric acid groups is 2. The summed E-state index contributed by atoms with van der Waals surface area (Å²) in [5.74, 6) is -1.66. The molecule has 0 saturated heterocycles. The molecule has 5 atom stereocenters. The van der Waals surface area contributed by atoms with E-state index < -0.39 is 91.5 Å². The van der Waals surface area contributed by atoms with Crippen LogP contribution in [0.3, 0.4) is 0 Å². The molecule has 0 radical (unpaired) electrons. The van der Waals surface area contributed by atoms with Gasteiger partial charge in [0.25, 0.3) is 0 Å². The van der Waals surface area contributed by atoms with Gasteiger partial charge in [-0.3, -0.25) is 32.5 Å². The number of unbranched alkanes of at least 4 members (excludes halogenated alkanes) is 19. The summed E-state index contributed by atoms with van der Waals surface area (Å²) in [5, 5.41) is 20.5. The SMILES string of the molecule is CC/C=C\C/C=C\C/C=C\C/C=C\C/C=C\C/C=C\CCCCC(=O)OCC(O)COP(=O)(O)OCC(O)COP(=O)(O)OCC(COC(=O)CCCCC/C=C\C/C=C\C/C=C\C/C=C\C/C=C\CC)OC(=O)CCCCCCCCCCCCCCCCC. The highest BCUT2D eigenvalue weighted by atomic mass is 31.2. The van der Waals surface area contributed by atoms with E-state index in [1.54, 1.807) is 0 Å². The molecule has 5 unspecified atom stereocenters. The molecule has 0 aromatic rings. The van der Waals surface area contributed by atoms with E-state index in [0.717, 1.165) is 128 Å². The second-order valence-electron chi connectivity index (χ2n) is 22.6. The number of carbonyl (C=O) groups excluding carboxylic acids is 3. The van der Waals surface area contributed by atoms with E-state index in [9.17, 15) is 43.5 Å². The lowest BCUT2D eigenvalue weighted by Gasteiger charge is -2.21. The first-order valence-electron chi connectivity index (χ1n) is 34.5. The molecule has 0 spiro atoms. The van der Waals surface area contributed by atoms with E-state index in [1.807, 2.05) is 0 Å². The van der Waals surface area contributed by atoms with Gasteiger partial charge >= 0.3 is 33.6 Å². The van der Waals surface area contributed by atoms with Crippen molar-refractivity contribution in [2.45, 2.75) is 270 Å². The maximum atomic E-state index is 12.9. The van der Waals surface area contributed by atoms with E-state index in [-0.39, 0.29) is 19.3 Å². The van der Waals surface area contributed by atoms with Crippen LogP contribution in [0.15, 0.2) is 134 Å². The molecule has 0 fully saturated rings. The lowest BCUT2D eigenvalue weighted by Crippen LogP contribution is -2.30. The third-order valence-electron chi connectivity index (χ3n) is 13.9. The molecule has 4 N–H and O–H groups in total. The Morgan fingerprint density at radius 1 is 0.319 bits per heavy atom. The Morgan fingerprint density at radius 2 is 0.582 bits per heavy atom. The predicted octanol–water partition coefficient (Wildman–Crippen LogP) is 19.2. The highest BCUT2D eigenvalue weighted by Gasteiger charge is 2.29. The minimum absolute atomic E-state index is 0.0955. The number of allylic oxidation sites excluding steroid dienone is 22. The summed E-state index contributed by atoms with van der Waals surface area (Å²) in [7, 11) is -9.80. The van der Waals surface area contributed by atoms with Gasteiger partial charge in [0.15, 0.2) is 6.10 Å². The van der Waals surface area contributed by atoms with Gasteiger partial charge in [0.2, 0.25) is 0 Å². The number of ether oxygens (including phenoxy) is 3. The molecule has 0 aliphatic heterocycles. The summed E-state index contributed by atoms with van der Waals surface area (Å²) in [6.07, 6.45) is 76.5. The average Bonchev–Trinajstić information content (AvgIpc) is 3.09. The van der Waals surface area contributed by atoms with Crippen molar-refractivity contribution in [3.05, 3.63) is 134 Å². The van der Waals surface area contributed by atoms with Crippen molar-refractivity contribution >= 4 is 33.6 Å². The molecule has 0 bridgehead atoms. The summed E-state index contributed by atoms with van der Waals surface area (Å²) in [4.78, 5) is 58.4. The fourth-order valence-corrected chi connectivity index (χ4v) is 10.2. The van der Waals surface area contributed by atoms with Crippen LogP contribution in [-0.2, 0) is 55.8 Å². The Hall–Kier alpha value is -4.31. The van der Waals surface area contributed by atoms with Gasteiger partial charge in [0, 0.05) is 19.3 Å². The standard InChI is InChI=1S/C73H122O16P2/c1-4-7-10-13-16-19-22-25-28-30-32-33-35-37-39-41-44-47-50-53-56-59-71(76)83-62-68(74)63-85-90(79,80)86-64-69(75)65-87-91(81,82)88-67-70(89-73(78)61-58-55-52-49-46-43-38-27-24-21-18-15-12-9-6-3)66-84-72(77)60-57-54-51-48-45-42-40-36-34-31-29-26-23-20-17-14-11-8-5-2/h7-8,10-11,16-17,19-20,25-26,28-29,32-34,36-37,39,42,44-45,47,68-70,74-75H,4-6,9,12-15,18,21-24,27,30-31,35,38,40-41,43,46,48-67H2,1-3H3,(H,79,80)(H,81,82)/b10-7-,11-8-,19-16-,20-17-,28-25-,29-26-,33-32-,36-34-,39-37-,45-42-,47-44-. The molecule has 18 heteroatoms. The van der Waals surface area contributed by atoms with Crippen LogP contribution in [0.25, 0.3) is 0 Å². The zero-order valence-electron chi connectivity index (χ0n) is 56.2. The van der Waals surface area contributed by atoms with E-state index in [1.165, 1.54) is 64.2 Å². The summed E-state index contributed by atoms with van der Waals surface area (Å²) in [5.41, 5.74) is 0. The number of hydrogen-bond acceptors (Lipinski definition) is 14. The monoisotopic (exact) mass is 1320 g/mol. The van der Waals surface area contributed by atoms with Crippen molar-refractivity contribution in [3.63, 3.8) is 0 Å². The first-order chi connectivity index (χ1) is 44.2. The largest absolute Gasteiger partial charge is 0.472 e. The van der Waals surface area contributed by atoms with Crippen molar-refractivity contribution in [1.82, 2.24) is 0 Å². The van der Waals surface area contributed by atoms with Gasteiger partial charge in [0.05, 0.1) is 26.4 Å². The van der Waals surface area contributed by atoms with Crippen molar-refractivity contribution in [2.24, 2.45) is 0 Å². The molecule has 520 valence electrons.